The summed E-state index contributed by atoms with van der Waals surface area (Å²) < 4.78 is 16.0. The van der Waals surface area contributed by atoms with E-state index < -0.39 is 0 Å². The van der Waals surface area contributed by atoms with Gasteiger partial charge in [-0.15, -0.1) is 0 Å². The van der Waals surface area contributed by atoms with E-state index in [-0.39, 0.29) is 0 Å². The number of aromatic nitrogens is 3. The van der Waals surface area contributed by atoms with Gasteiger partial charge in [0.05, 0.1) is 12.5 Å². The maximum absolute atomic E-state index is 5.54. The molecule has 0 aliphatic carbocycles. The highest BCUT2D eigenvalue weighted by Crippen LogP contribution is 2.14. The van der Waals surface area contributed by atoms with Crippen LogP contribution in [0.3, 0.4) is 0 Å². The first kappa shape index (κ1) is 18.7. The van der Waals surface area contributed by atoms with Crippen LogP contribution in [0.15, 0.2) is 50.6 Å². The minimum absolute atomic E-state index is 0.497. The summed E-state index contributed by atoms with van der Waals surface area (Å²) >= 11 is 0. The zero-order chi connectivity index (χ0) is 18.7. The molecule has 0 saturated heterocycles. The van der Waals surface area contributed by atoms with Crippen LogP contribution >= 0.6 is 0 Å². The van der Waals surface area contributed by atoms with Crippen LogP contribution in [0, 0.1) is 0 Å². The van der Waals surface area contributed by atoms with E-state index in [1.165, 1.54) is 0 Å². The molecule has 3 heterocycles. The molecule has 0 aliphatic rings. The Morgan fingerprint density at radius 3 is 2.81 bits per heavy atom. The number of aliphatic imine (C=N–C) groups is 1. The van der Waals surface area contributed by atoms with Crippen LogP contribution in [0.4, 0.5) is 0 Å². The van der Waals surface area contributed by atoms with Gasteiger partial charge in [0.25, 0.3) is 0 Å². The molecule has 0 unspecified atom stereocenters. The Hall–Kier alpha value is -3.07. The fourth-order valence-electron chi connectivity index (χ4n) is 2.39. The normalized spacial score (nSPS) is 11.7. The highest BCUT2D eigenvalue weighted by Gasteiger charge is 2.08. The van der Waals surface area contributed by atoms with Gasteiger partial charge >= 0.3 is 0 Å². The molecule has 0 saturated carbocycles. The smallest absolute Gasteiger partial charge is 0.216 e. The Balaban J connectivity index is 1.28. The highest BCUT2D eigenvalue weighted by atomic mass is 16.5. The monoisotopic (exact) mass is 372 g/mol. The van der Waals surface area contributed by atoms with E-state index in [4.69, 9.17) is 13.6 Å². The fraction of sp³-hybridized carbons (Fsp3) is 0.389. The molecule has 27 heavy (non-hydrogen) atoms. The highest BCUT2D eigenvalue weighted by molar-refractivity contribution is 5.79. The van der Waals surface area contributed by atoms with Gasteiger partial charge in [0.15, 0.2) is 11.7 Å². The van der Waals surface area contributed by atoms with Crippen molar-refractivity contribution in [1.82, 2.24) is 25.8 Å². The molecule has 3 aromatic rings. The Morgan fingerprint density at radius 2 is 2.04 bits per heavy atom. The van der Waals surface area contributed by atoms with Crippen LogP contribution in [0.5, 0.6) is 0 Å². The lowest BCUT2D eigenvalue weighted by molar-refractivity contribution is 0.105. The molecule has 9 heteroatoms. The third-order valence-electron chi connectivity index (χ3n) is 3.73. The van der Waals surface area contributed by atoms with E-state index in [1.807, 2.05) is 24.3 Å². The number of H-pyrrole nitrogens is 1. The zero-order valence-corrected chi connectivity index (χ0v) is 15.3. The molecule has 0 spiro atoms. The predicted octanol–water partition coefficient (Wildman–Crippen LogP) is 1.97. The van der Waals surface area contributed by atoms with Crippen LogP contribution < -0.4 is 10.6 Å². The Kier molecular flexibility index (Phi) is 7.05. The lowest BCUT2D eigenvalue weighted by Crippen LogP contribution is -2.39. The number of ether oxygens (including phenoxy) is 1. The van der Waals surface area contributed by atoms with Crippen molar-refractivity contribution in [2.45, 2.75) is 19.4 Å². The van der Waals surface area contributed by atoms with E-state index in [0.29, 0.717) is 37.8 Å². The molecule has 0 aliphatic heterocycles. The Labute approximate surface area is 157 Å². The van der Waals surface area contributed by atoms with Gasteiger partial charge in [0.2, 0.25) is 5.82 Å². The first-order valence-corrected chi connectivity index (χ1v) is 8.85. The summed E-state index contributed by atoms with van der Waals surface area (Å²) in [5, 5.41) is 13.6. The molecule has 3 aromatic heterocycles. The van der Waals surface area contributed by atoms with E-state index in [2.05, 4.69) is 30.8 Å². The summed E-state index contributed by atoms with van der Waals surface area (Å²) in [4.78, 5) is 8.61. The van der Waals surface area contributed by atoms with Gasteiger partial charge in [-0.2, -0.15) is 5.10 Å². The zero-order valence-electron chi connectivity index (χ0n) is 15.3. The third-order valence-corrected chi connectivity index (χ3v) is 3.73. The minimum Gasteiger partial charge on any atom is -0.467 e. The average molecular weight is 372 g/mol. The average Bonchev–Trinajstić information content (AvgIpc) is 3.45. The minimum atomic E-state index is 0.497. The molecule has 0 atom stereocenters. The Morgan fingerprint density at radius 1 is 1.19 bits per heavy atom. The first-order chi connectivity index (χ1) is 13.3. The van der Waals surface area contributed by atoms with Crippen LogP contribution in [0.1, 0.15) is 18.0 Å². The van der Waals surface area contributed by atoms with Crippen molar-refractivity contribution >= 4 is 5.96 Å². The Bertz CT molecular complexity index is 795. The molecule has 144 valence electrons. The molecule has 9 nitrogen and oxygen atoms in total. The van der Waals surface area contributed by atoms with E-state index in [9.17, 15) is 0 Å². The number of hydrogen-bond acceptors (Lipinski definition) is 6. The van der Waals surface area contributed by atoms with Gasteiger partial charge in [-0.3, -0.25) is 10.1 Å². The molecule has 0 aromatic carbocycles. The lowest BCUT2D eigenvalue weighted by atomic mass is 10.4. The number of nitrogens with one attached hydrogen (secondary N) is 3. The maximum atomic E-state index is 5.54. The van der Waals surface area contributed by atoms with Crippen molar-refractivity contribution in [3.63, 3.8) is 0 Å². The van der Waals surface area contributed by atoms with Crippen molar-refractivity contribution in [3.8, 4) is 11.6 Å². The standard InChI is InChI=1S/C18H24N6O3/c1-19-18(20-8-4-10-25-13-14-5-2-11-26-14)21-9-7-16-22-17(24-23-16)15-6-3-12-27-15/h2-3,5-6,11-12H,4,7-10,13H2,1H3,(H2,19,20,21)(H,22,23,24). The summed E-state index contributed by atoms with van der Waals surface area (Å²) in [6.07, 6.45) is 4.81. The van der Waals surface area contributed by atoms with Gasteiger partial charge in [0, 0.05) is 33.2 Å². The summed E-state index contributed by atoms with van der Waals surface area (Å²) in [5.74, 6) is 3.58. The second-order valence-electron chi connectivity index (χ2n) is 5.74. The number of hydrogen-bond donors (Lipinski definition) is 3. The maximum Gasteiger partial charge on any atom is 0.216 e. The molecular formula is C18H24N6O3. The predicted molar refractivity (Wildman–Crippen MR) is 100 cm³/mol. The fourth-order valence-corrected chi connectivity index (χ4v) is 2.39. The molecule has 0 bridgehead atoms. The van der Waals surface area contributed by atoms with Crippen LogP contribution in [-0.2, 0) is 17.8 Å². The summed E-state index contributed by atoms with van der Waals surface area (Å²) in [6, 6.07) is 7.39. The van der Waals surface area contributed by atoms with Crippen LogP contribution in [0.2, 0.25) is 0 Å². The number of aromatic amines is 1. The molecule has 0 radical (unpaired) electrons. The van der Waals surface area contributed by atoms with Crippen molar-refractivity contribution < 1.29 is 13.6 Å². The SMILES string of the molecule is CN=C(NCCCOCc1ccco1)NCCc1nc(-c2ccco2)n[nH]1. The summed E-state index contributed by atoms with van der Waals surface area (Å²) in [5.41, 5.74) is 0. The lowest BCUT2D eigenvalue weighted by Gasteiger charge is -2.11. The van der Waals surface area contributed by atoms with Crippen molar-refractivity contribution in [2.24, 2.45) is 4.99 Å². The van der Waals surface area contributed by atoms with E-state index in [1.54, 1.807) is 19.6 Å². The third kappa shape index (κ3) is 6.00. The van der Waals surface area contributed by atoms with E-state index >= 15 is 0 Å². The van der Waals surface area contributed by atoms with Crippen molar-refractivity contribution in [3.05, 3.63) is 48.4 Å². The molecule has 3 rings (SSSR count). The van der Waals surface area contributed by atoms with Crippen molar-refractivity contribution in [1.29, 1.82) is 0 Å². The molecule has 0 amide bonds. The van der Waals surface area contributed by atoms with Gasteiger partial charge in [-0.25, -0.2) is 4.98 Å². The van der Waals surface area contributed by atoms with Crippen LogP contribution in [-0.4, -0.2) is 47.9 Å². The van der Waals surface area contributed by atoms with Crippen molar-refractivity contribution in [2.75, 3.05) is 26.7 Å². The number of guanidine groups is 1. The van der Waals surface area contributed by atoms with Crippen LogP contribution in [0.25, 0.3) is 11.6 Å². The quantitative estimate of drug-likeness (QED) is 0.283. The second kappa shape index (κ2) is 10.2. The number of furan rings is 2. The largest absolute Gasteiger partial charge is 0.467 e. The number of rotatable bonds is 10. The molecule has 0 fully saturated rings. The number of nitrogens with zero attached hydrogens (tertiary/aromatic N) is 3. The first-order valence-electron chi connectivity index (χ1n) is 8.85. The topological polar surface area (TPSA) is 114 Å². The second-order valence-corrected chi connectivity index (χ2v) is 5.74. The summed E-state index contributed by atoms with van der Waals surface area (Å²) in [6.45, 7) is 2.60. The molecule has 3 N–H and O–H groups in total. The van der Waals surface area contributed by atoms with Gasteiger partial charge in [-0.1, -0.05) is 0 Å². The van der Waals surface area contributed by atoms with E-state index in [0.717, 1.165) is 30.5 Å². The van der Waals surface area contributed by atoms with Gasteiger partial charge < -0.3 is 24.2 Å². The molecular weight excluding hydrogens is 348 g/mol. The van der Waals surface area contributed by atoms with Gasteiger partial charge in [-0.05, 0) is 30.7 Å². The van der Waals surface area contributed by atoms with Gasteiger partial charge in [0.1, 0.15) is 18.2 Å². The summed E-state index contributed by atoms with van der Waals surface area (Å²) in [7, 11) is 1.74.